The molecule has 2 rings (SSSR count). The van der Waals surface area contributed by atoms with Crippen molar-refractivity contribution in [1.29, 1.82) is 0 Å². The van der Waals surface area contributed by atoms with Crippen LogP contribution in [0.3, 0.4) is 0 Å². The van der Waals surface area contributed by atoms with Crippen LogP contribution in [0.4, 0.5) is 0 Å². The van der Waals surface area contributed by atoms with Crippen molar-refractivity contribution in [2.75, 3.05) is 6.61 Å². The average Bonchev–Trinajstić information content (AvgIpc) is 2.49. The topological polar surface area (TPSA) is 31.4 Å². The molecule has 110 valence electrons. The van der Waals surface area contributed by atoms with Crippen molar-refractivity contribution in [2.45, 2.75) is 12.8 Å². The first-order valence-electron chi connectivity index (χ1n) is 6.57. The highest BCUT2D eigenvalue weighted by atomic mass is 35.5. The number of halogens is 2. The second-order valence-electron chi connectivity index (χ2n) is 4.23. The SMILES string of the molecule is ClC(Cl)=CCCCOc1ccc(Oc2ccccn2)cc1. The Morgan fingerprint density at radius 3 is 2.48 bits per heavy atom. The maximum Gasteiger partial charge on any atom is 0.219 e. The van der Waals surface area contributed by atoms with Gasteiger partial charge in [0.05, 0.1) is 6.61 Å². The molecule has 0 aliphatic carbocycles. The molecule has 0 atom stereocenters. The van der Waals surface area contributed by atoms with E-state index in [2.05, 4.69) is 4.98 Å². The number of benzene rings is 1. The summed E-state index contributed by atoms with van der Waals surface area (Å²) >= 11 is 11.0. The van der Waals surface area contributed by atoms with E-state index in [-0.39, 0.29) is 0 Å². The molecule has 0 amide bonds. The van der Waals surface area contributed by atoms with Gasteiger partial charge >= 0.3 is 0 Å². The quantitative estimate of drug-likeness (QED) is 0.643. The van der Waals surface area contributed by atoms with Crippen LogP contribution in [0.5, 0.6) is 17.4 Å². The number of ether oxygens (including phenoxy) is 2. The predicted molar refractivity (Wildman–Crippen MR) is 85.3 cm³/mol. The van der Waals surface area contributed by atoms with Crippen LogP contribution in [0, 0.1) is 0 Å². The molecule has 0 radical (unpaired) electrons. The van der Waals surface area contributed by atoms with Crippen LogP contribution in [0.25, 0.3) is 0 Å². The van der Waals surface area contributed by atoms with Crippen molar-refractivity contribution in [3.63, 3.8) is 0 Å². The summed E-state index contributed by atoms with van der Waals surface area (Å²) in [6.45, 7) is 0.609. The van der Waals surface area contributed by atoms with Gasteiger partial charge in [0.2, 0.25) is 5.88 Å². The third kappa shape index (κ3) is 6.06. The van der Waals surface area contributed by atoms with E-state index >= 15 is 0 Å². The maximum absolute atomic E-state index is 5.61. The molecule has 0 unspecified atom stereocenters. The van der Waals surface area contributed by atoms with E-state index in [4.69, 9.17) is 32.7 Å². The molecule has 1 heterocycles. The minimum absolute atomic E-state index is 0.297. The normalized spacial score (nSPS) is 10.0. The molecule has 0 bridgehead atoms. The van der Waals surface area contributed by atoms with Crippen LogP contribution in [0.15, 0.2) is 59.2 Å². The molecule has 0 spiro atoms. The van der Waals surface area contributed by atoms with Crippen LogP contribution in [-0.2, 0) is 0 Å². The summed E-state index contributed by atoms with van der Waals surface area (Å²) in [7, 11) is 0. The first-order chi connectivity index (χ1) is 10.2. The van der Waals surface area contributed by atoms with Gasteiger partial charge in [-0.2, -0.15) is 0 Å². The molecular weight excluding hydrogens is 309 g/mol. The summed E-state index contributed by atoms with van der Waals surface area (Å²) in [4.78, 5) is 4.10. The van der Waals surface area contributed by atoms with E-state index in [0.717, 1.165) is 24.3 Å². The Balaban J connectivity index is 1.78. The summed E-state index contributed by atoms with van der Waals surface area (Å²) < 4.78 is 11.5. The van der Waals surface area contributed by atoms with Gasteiger partial charge < -0.3 is 9.47 Å². The van der Waals surface area contributed by atoms with Crippen LogP contribution in [0.2, 0.25) is 0 Å². The zero-order chi connectivity index (χ0) is 14.9. The second kappa shape index (κ2) is 8.55. The fourth-order valence-corrected chi connectivity index (χ4v) is 1.83. The number of nitrogens with zero attached hydrogens (tertiary/aromatic N) is 1. The Morgan fingerprint density at radius 1 is 1.05 bits per heavy atom. The van der Waals surface area contributed by atoms with Crippen molar-refractivity contribution in [3.8, 4) is 17.4 Å². The number of allylic oxidation sites excluding steroid dienone is 1. The zero-order valence-electron chi connectivity index (χ0n) is 11.3. The largest absolute Gasteiger partial charge is 0.494 e. The molecule has 2 aromatic rings. The number of aromatic nitrogens is 1. The molecule has 1 aromatic carbocycles. The van der Waals surface area contributed by atoms with E-state index in [1.807, 2.05) is 36.4 Å². The zero-order valence-corrected chi connectivity index (χ0v) is 12.8. The van der Waals surface area contributed by atoms with Gasteiger partial charge in [-0.05, 0) is 43.2 Å². The number of rotatable bonds is 7. The lowest BCUT2D eigenvalue weighted by atomic mass is 10.3. The Hall–Kier alpha value is -1.71. The lowest BCUT2D eigenvalue weighted by molar-refractivity contribution is 0.311. The molecule has 0 fully saturated rings. The van der Waals surface area contributed by atoms with Gasteiger partial charge in [0.25, 0.3) is 0 Å². The summed E-state index contributed by atoms with van der Waals surface area (Å²) in [6, 6.07) is 12.9. The summed E-state index contributed by atoms with van der Waals surface area (Å²) in [6.07, 6.45) is 5.10. The molecule has 1 aromatic heterocycles. The van der Waals surface area contributed by atoms with Crippen LogP contribution in [-0.4, -0.2) is 11.6 Å². The molecule has 0 N–H and O–H groups in total. The molecule has 0 aliphatic heterocycles. The summed E-state index contributed by atoms with van der Waals surface area (Å²) in [5, 5.41) is 0. The molecule has 21 heavy (non-hydrogen) atoms. The molecule has 0 saturated heterocycles. The molecule has 0 aliphatic rings. The van der Waals surface area contributed by atoms with E-state index in [1.54, 1.807) is 18.3 Å². The monoisotopic (exact) mass is 323 g/mol. The van der Waals surface area contributed by atoms with Crippen molar-refractivity contribution >= 4 is 23.2 Å². The number of hydrogen-bond acceptors (Lipinski definition) is 3. The average molecular weight is 324 g/mol. The lowest BCUT2D eigenvalue weighted by Crippen LogP contribution is -1.96. The highest BCUT2D eigenvalue weighted by Gasteiger charge is 1.99. The Kier molecular flexibility index (Phi) is 6.38. The van der Waals surface area contributed by atoms with Gasteiger partial charge in [-0.25, -0.2) is 4.98 Å². The molecular formula is C16H15Cl2NO2. The fourth-order valence-electron chi connectivity index (χ4n) is 1.62. The Morgan fingerprint density at radius 2 is 1.81 bits per heavy atom. The predicted octanol–water partition coefficient (Wildman–Crippen LogP) is 5.35. The van der Waals surface area contributed by atoms with Gasteiger partial charge in [0, 0.05) is 12.3 Å². The lowest BCUT2D eigenvalue weighted by Gasteiger charge is -2.07. The number of hydrogen-bond donors (Lipinski definition) is 0. The Labute approximate surface area is 134 Å². The standard InChI is InChI=1S/C16H15Cl2NO2/c17-15(18)5-2-4-12-20-13-7-9-14(10-8-13)21-16-6-1-3-11-19-16/h1,3,5-11H,2,4,12H2. The first kappa shape index (κ1) is 15.7. The maximum atomic E-state index is 5.61. The smallest absolute Gasteiger partial charge is 0.219 e. The van der Waals surface area contributed by atoms with Gasteiger partial charge in [0.15, 0.2) is 0 Å². The number of unbranched alkanes of at least 4 members (excludes halogenated alkanes) is 1. The van der Waals surface area contributed by atoms with Gasteiger partial charge in [-0.1, -0.05) is 35.3 Å². The van der Waals surface area contributed by atoms with Gasteiger partial charge in [0.1, 0.15) is 16.0 Å². The summed E-state index contributed by atoms with van der Waals surface area (Å²) in [5.41, 5.74) is 0. The minimum atomic E-state index is 0.297. The fraction of sp³-hybridized carbons (Fsp3) is 0.188. The second-order valence-corrected chi connectivity index (χ2v) is 5.23. The Bertz CT molecular complexity index is 567. The third-order valence-electron chi connectivity index (χ3n) is 2.60. The van der Waals surface area contributed by atoms with Gasteiger partial charge in [-0.3, -0.25) is 0 Å². The van der Waals surface area contributed by atoms with E-state index in [0.29, 0.717) is 17.0 Å². The highest BCUT2D eigenvalue weighted by molar-refractivity contribution is 6.55. The third-order valence-corrected chi connectivity index (χ3v) is 2.91. The molecule has 3 nitrogen and oxygen atoms in total. The highest BCUT2D eigenvalue weighted by Crippen LogP contribution is 2.22. The molecule has 0 saturated carbocycles. The van der Waals surface area contributed by atoms with Crippen molar-refractivity contribution in [3.05, 3.63) is 59.2 Å². The van der Waals surface area contributed by atoms with Crippen molar-refractivity contribution in [1.82, 2.24) is 4.98 Å². The van der Waals surface area contributed by atoms with Crippen molar-refractivity contribution in [2.24, 2.45) is 0 Å². The van der Waals surface area contributed by atoms with Crippen molar-refractivity contribution < 1.29 is 9.47 Å². The summed E-state index contributed by atoms with van der Waals surface area (Å²) in [5.74, 6) is 2.08. The van der Waals surface area contributed by atoms with Gasteiger partial charge in [-0.15, -0.1) is 0 Å². The molecule has 5 heteroatoms. The number of pyridine rings is 1. The van der Waals surface area contributed by atoms with Crippen LogP contribution >= 0.6 is 23.2 Å². The van der Waals surface area contributed by atoms with E-state index in [1.165, 1.54) is 0 Å². The van der Waals surface area contributed by atoms with Crippen LogP contribution < -0.4 is 9.47 Å². The first-order valence-corrected chi connectivity index (χ1v) is 7.32. The van der Waals surface area contributed by atoms with E-state index in [9.17, 15) is 0 Å². The minimum Gasteiger partial charge on any atom is -0.494 e. The van der Waals surface area contributed by atoms with Crippen LogP contribution in [0.1, 0.15) is 12.8 Å². The van der Waals surface area contributed by atoms with E-state index < -0.39 is 0 Å².